The Hall–Kier alpha value is -2.91. The van der Waals surface area contributed by atoms with Gasteiger partial charge in [0.2, 0.25) is 21.8 Å². The van der Waals surface area contributed by atoms with E-state index >= 15 is 0 Å². The third-order valence-corrected chi connectivity index (χ3v) is 6.16. The lowest BCUT2D eigenvalue weighted by Gasteiger charge is -2.20. The number of anilines is 1. The van der Waals surface area contributed by atoms with E-state index in [1.165, 1.54) is 28.6 Å². The second kappa shape index (κ2) is 10.0. The molecule has 2 aromatic rings. The van der Waals surface area contributed by atoms with Crippen LogP contribution in [0.1, 0.15) is 30.6 Å². The van der Waals surface area contributed by atoms with Crippen molar-refractivity contribution in [1.82, 2.24) is 4.31 Å². The summed E-state index contributed by atoms with van der Waals surface area (Å²) < 4.78 is 32.2. The second-order valence-corrected chi connectivity index (χ2v) is 8.08. The molecular weight excluding hydrogens is 394 g/mol. The fourth-order valence-corrected chi connectivity index (χ4v) is 4.09. The number of hydrogen-bond donors (Lipinski definition) is 2. The molecule has 0 unspecified atom stereocenters. The molecule has 2 aromatic carbocycles. The van der Waals surface area contributed by atoms with E-state index in [9.17, 15) is 18.0 Å². The van der Waals surface area contributed by atoms with Crippen LogP contribution in [0.2, 0.25) is 0 Å². The van der Waals surface area contributed by atoms with Crippen molar-refractivity contribution >= 4 is 27.5 Å². The van der Waals surface area contributed by atoms with Gasteiger partial charge in [0.15, 0.2) is 0 Å². The lowest BCUT2D eigenvalue weighted by molar-refractivity contribution is -0.116. The van der Waals surface area contributed by atoms with E-state index in [4.69, 9.17) is 10.5 Å². The van der Waals surface area contributed by atoms with Gasteiger partial charge < -0.3 is 15.8 Å². The van der Waals surface area contributed by atoms with Gasteiger partial charge in [0, 0.05) is 30.8 Å². The van der Waals surface area contributed by atoms with E-state index in [0.29, 0.717) is 23.6 Å². The molecule has 0 bridgehead atoms. The Kier molecular flexibility index (Phi) is 7.74. The van der Waals surface area contributed by atoms with Crippen molar-refractivity contribution in [2.75, 3.05) is 25.0 Å². The Morgan fingerprint density at radius 1 is 1.03 bits per heavy atom. The zero-order valence-corrected chi connectivity index (χ0v) is 17.2. The highest BCUT2D eigenvalue weighted by Gasteiger charge is 2.23. The average Bonchev–Trinajstić information content (AvgIpc) is 2.69. The molecule has 8 nitrogen and oxygen atoms in total. The minimum Gasteiger partial charge on any atom is -0.494 e. The van der Waals surface area contributed by atoms with Crippen LogP contribution in [-0.2, 0) is 14.8 Å². The molecule has 0 aliphatic carbocycles. The number of rotatable bonds is 10. The molecule has 9 heteroatoms. The van der Waals surface area contributed by atoms with Crippen LogP contribution < -0.4 is 15.8 Å². The third-order valence-electron chi connectivity index (χ3n) is 4.17. The predicted molar refractivity (Wildman–Crippen MR) is 110 cm³/mol. The van der Waals surface area contributed by atoms with E-state index in [2.05, 4.69) is 5.32 Å². The number of sulfonamides is 1. The average molecular weight is 420 g/mol. The van der Waals surface area contributed by atoms with Gasteiger partial charge in [0.1, 0.15) is 5.75 Å². The fourth-order valence-electron chi connectivity index (χ4n) is 2.64. The Morgan fingerprint density at radius 2 is 1.66 bits per heavy atom. The largest absolute Gasteiger partial charge is 0.494 e. The van der Waals surface area contributed by atoms with Crippen LogP contribution in [0.3, 0.4) is 0 Å². The molecule has 0 saturated carbocycles. The molecule has 3 N–H and O–H groups in total. The van der Waals surface area contributed by atoms with Crippen molar-refractivity contribution in [3.05, 3.63) is 54.1 Å². The lowest BCUT2D eigenvalue weighted by atomic mass is 10.2. The number of carbonyl (C=O) groups is 2. The summed E-state index contributed by atoms with van der Waals surface area (Å²) in [5.74, 6) is -0.297. The van der Waals surface area contributed by atoms with Gasteiger partial charge in [0.25, 0.3) is 0 Å². The number of nitrogens with one attached hydrogen (secondary N) is 1. The van der Waals surface area contributed by atoms with Crippen LogP contribution in [0.4, 0.5) is 5.69 Å². The van der Waals surface area contributed by atoms with E-state index in [1.807, 2.05) is 6.92 Å². The molecule has 156 valence electrons. The number of hydrogen-bond acceptors (Lipinski definition) is 5. The zero-order chi connectivity index (χ0) is 21.4. The number of carbonyl (C=O) groups excluding carboxylic acids is 2. The summed E-state index contributed by atoms with van der Waals surface area (Å²) in [4.78, 5) is 23.4. The zero-order valence-electron chi connectivity index (χ0n) is 16.4. The SMILES string of the molecule is CCOc1ccc(S(=O)(=O)N(CC)CCC(=O)Nc2ccc(C(N)=O)cc2)cc1. The van der Waals surface area contributed by atoms with Crippen LogP contribution in [0.5, 0.6) is 5.75 Å². The molecule has 0 aliphatic heterocycles. The van der Waals surface area contributed by atoms with E-state index < -0.39 is 15.9 Å². The summed E-state index contributed by atoms with van der Waals surface area (Å²) in [6, 6.07) is 12.3. The summed E-state index contributed by atoms with van der Waals surface area (Å²) in [5.41, 5.74) is 6.01. The summed E-state index contributed by atoms with van der Waals surface area (Å²) in [6.45, 7) is 4.33. The van der Waals surface area contributed by atoms with Crippen molar-refractivity contribution in [1.29, 1.82) is 0 Å². The molecule has 0 atom stereocenters. The maximum Gasteiger partial charge on any atom is 0.248 e. The van der Waals surface area contributed by atoms with Gasteiger partial charge in [-0.2, -0.15) is 4.31 Å². The van der Waals surface area contributed by atoms with Gasteiger partial charge in [-0.15, -0.1) is 0 Å². The Labute approximate surface area is 170 Å². The van der Waals surface area contributed by atoms with Crippen molar-refractivity contribution in [2.45, 2.75) is 25.2 Å². The normalized spacial score (nSPS) is 11.3. The maximum atomic E-state index is 12.8. The molecule has 0 heterocycles. The van der Waals surface area contributed by atoms with Gasteiger partial charge in [-0.1, -0.05) is 6.92 Å². The fraction of sp³-hybridized carbons (Fsp3) is 0.300. The molecule has 2 amide bonds. The molecule has 0 aliphatic rings. The topological polar surface area (TPSA) is 119 Å². The van der Waals surface area contributed by atoms with Crippen molar-refractivity contribution in [3.63, 3.8) is 0 Å². The van der Waals surface area contributed by atoms with E-state index in [-0.39, 0.29) is 30.3 Å². The lowest BCUT2D eigenvalue weighted by Crippen LogP contribution is -2.33. The first-order valence-electron chi connectivity index (χ1n) is 9.20. The first-order valence-corrected chi connectivity index (χ1v) is 10.6. The molecule has 0 aromatic heterocycles. The van der Waals surface area contributed by atoms with Crippen LogP contribution >= 0.6 is 0 Å². The standard InChI is InChI=1S/C20H25N3O5S/c1-3-23(29(26,27)18-11-9-17(10-12-18)28-4-2)14-13-19(24)22-16-7-5-15(6-8-16)20(21)25/h5-12H,3-4,13-14H2,1-2H3,(H2,21,25)(H,22,24). The van der Waals surface area contributed by atoms with Gasteiger partial charge in [-0.25, -0.2) is 8.42 Å². The highest BCUT2D eigenvalue weighted by atomic mass is 32.2. The van der Waals surface area contributed by atoms with Crippen molar-refractivity contribution < 1.29 is 22.7 Å². The number of amides is 2. The quantitative estimate of drug-likeness (QED) is 0.612. The van der Waals surface area contributed by atoms with Crippen LogP contribution in [0, 0.1) is 0 Å². The Bertz CT molecular complexity index is 941. The van der Waals surface area contributed by atoms with Crippen molar-refractivity contribution in [3.8, 4) is 5.75 Å². The predicted octanol–water partition coefficient (Wildman–Crippen LogP) is 2.22. The summed E-state index contributed by atoms with van der Waals surface area (Å²) in [5, 5.41) is 2.67. The number of nitrogens with two attached hydrogens (primary N) is 1. The smallest absolute Gasteiger partial charge is 0.248 e. The van der Waals surface area contributed by atoms with Gasteiger partial charge in [-0.05, 0) is 55.5 Å². The first-order chi connectivity index (χ1) is 13.8. The monoisotopic (exact) mass is 419 g/mol. The molecule has 0 radical (unpaired) electrons. The molecule has 2 rings (SSSR count). The van der Waals surface area contributed by atoms with Gasteiger partial charge in [-0.3, -0.25) is 9.59 Å². The van der Waals surface area contributed by atoms with Crippen LogP contribution in [0.25, 0.3) is 0 Å². The summed E-state index contributed by atoms with van der Waals surface area (Å²) >= 11 is 0. The minimum absolute atomic E-state index is 0.0122. The van der Waals surface area contributed by atoms with E-state index in [0.717, 1.165) is 0 Å². The summed E-state index contributed by atoms with van der Waals surface area (Å²) in [7, 11) is -3.72. The number of benzene rings is 2. The number of primary amides is 1. The molecule has 0 fully saturated rings. The van der Waals surface area contributed by atoms with Gasteiger partial charge in [0.05, 0.1) is 11.5 Å². The Balaban J connectivity index is 1.99. The summed E-state index contributed by atoms with van der Waals surface area (Å²) in [6.07, 6.45) is -0.0122. The highest BCUT2D eigenvalue weighted by Crippen LogP contribution is 2.20. The Morgan fingerprint density at radius 3 is 2.17 bits per heavy atom. The maximum absolute atomic E-state index is 12.8. The molecule has 0 saturated heterocycles. The molecular formula is C20H25N3O5S. The minimum atomic E-state index is -3.72. The highest BCUT2D eigenvalue weighted by molar-refractivity contribution is 7.89. The number of ether oxygens (including phenoxy) is 1. The van der Waals surface area contributed by atoms with Crippen LogP contribution in [0.15, 0.2) is 53.4 Å². The molecule has 29 heavy (non-hydrogen) atoms. The second-order valence-electron chi connectivity index (χ2n) is 6.14. The molecule has 0 spiro atoms. The third kappa shape index (κ3) is 6.03. The first kappa shape index (κ1) is 22.4. The van der Waals surface area contributed by atoms with Crippen LogP contribution in [-0.4, -0.2) is 44.2 Å². The van der Waals surface area contributed by atoms with Crippen molar-refractivity contribution in [2.24, 2.45) is 5.73 Å². The number of nitrogens with zero attached hydrogens (tertiary/aromatic N) is 1. The van der Waals surface area contributed by atoms with E-state index in [1.54, 1.807) is 31.2 Å². The van der Waals surface area contributed by atoms with Gasteiger partial charge >= 0.3 is 0 Å².